The van der Waals surface area contributed by atoms with Crippen LogP contribution in [0.4, 0.5) is 11.4 Å². The third-order valence-electron chi connectivity index (χ3n) is 4.01. The van der Waals surface area contributed by atoms with Crippen LogP contribution in [0, 0.1) is 10.1 Å². The zero-order chi connectivity index (χ0) is 16.1. The first-order valence-electron chi connectivity index (χ1n) is 7.62. The van der Waals surface area contributed by atoms with Crippen molar-refractivity contribution in [3.05, 3.63) is 32.8 Å². The van der Waals surface area contributed by atoms with Crippen LogP contribution in [0.2, 0.25) is 0 Å². The van der Waals surface area contributed by atoms with E-state index in [-0.39, 0.29) is 11.7 Å². The number of ether oxygens (including phenoxy) is 1. The topological polar surface area (TPSA) is 81.6 Å². The number of hydrogen-bond donors (Lipinski definition) is 1. The van der Waals surface area contributed by atoms with Gasteiger partial charge in [0, 0.05) is 23.2 Å². The zero-order valence-corrected chi connectivity index (χ0v) is 14.3. The van der Waals surface area contributed by atoms with Crippen LogP contribution in [0.1, 0.15) is 39.0 Å². The lowest BCUT2D eigenvalue weighted by Crippen LogP contribution is -2.44. The number of benzene rings is 1. The molecule has 1 aromatic carbocycles. The van der Waals surface area contributed by atoms with Crippen LogP contribution >= 0.6 is 15.9 Å². The molecule has 0 heterocycles. The minimum atomic E-state index is -0.391. The minimum Gasteiger partial charge on any atom is -0.378 e. The average molecular weight is 372 g/mol. The summed E-state index contributed by atoms with van der Waals surface area (Å²) in [4.78, 5) is 10.8. The lowest BCUT2D eigenvalue weighted by Gasteiger charge is -2.35. The molecule has 2 N–H and O–H groups in total. The molecule has 1 aliphatic carbocycles. The molecule has 0 radical (unpaired) electrons. The van der Waals surface area contributed by atoms with Crippen LogP contribution in [0.3, 0.4) is 0 Å². The summed E-state index contributed by atoms with van der Waals surface area (Å²) in [5.41, 5.74) is 0.493. The van der Waals surface area contributed by atoms with Crippen molar-refractivity contribution < 1.29 is 9.66 Å². The van der Waals surface area contributed by atoms with Crippen molar-refractivity contribution in [2.45, 2.75) is 51.2 Å². The molecule has 0 aromatic heterocycles. The maximum absolute atomic E-state index is 11.2. The van der Waals surface area contributed by atoms with Crippen LogP contribution in [0.15, 0.2) is 22.7 Å². The highest BCUT2D eigenvalue weighted by atomic mass is 79.9. The van der Waals surface area contributed by atoms with Gasteiger partial charge in [-0.2, -0.15) is 0 Å². The molecule has 0 saturated heterocycles. The molecule has 1 saturated carbocycles. The van der Waals surface area contributed by atoms with Crippen LogP contribution in [-0.2, 0) is 4.74 Å². The SMILES string of the molecule is CCCOC1CCC(N(N)c2cc(Br)ccc2[N+](=O)[O-])CC1. The normalized spacial score (nSPS) is 21.6. The number of hydrogen-bond acceptors (Lipinski definition) is 5. The summed E-state index contributed by atoms with van der Waals surface area (Å²) in [7, 11) is 0. The Kier molecular flexibility index (Phi) is 6.16. The van der Waals surface area contributed by atoms with Gasteiger partial charge in [0.25, 0.3) is 5.69 Å². The summed E-state index contributed by atoms with van der Waals surface area (Å²) in [6.45, 7) is 2.89. The van der Waals surface area contributed by atoms with Crippen LogP contribution in [0.5, 0.6) is 0 Å². The third kappa shape index (κ3) is 4.18. The molecule has 0 aliphatic heterocycles. The van der Waals surface area contributed by atoms with Gasteiger partial charge in [0.2, 0.25) is 0 Å². The number of halogens is 1. The smallest absolute Gasteiger partial charge is 0.293 e. The molecule has 2 rings (SSSR count). The summed E-state index contributed by atoms with van der Waals surface area (Å²) in [5.74, 6) is 6.19. The summed E-state index contributed by atoms with van der Waals surface area (Å²) in [6.07, 6.45) is 4.97. The maximum atomic E-state index is 11.2. The Bertz CT molecular complexity index is 519. The monoisotopic (exact) mass is 371 g/mol. The largest absolute Gasteiger partial charge is 0.378 e. The number of anilines is 1. The molecule has 22 heavy (non-hydrogen) atoms. The van der Waals surface area contributed by atoms with Gasteiger partial charge in [0.15, 0.2) is 0 Å². The van der Waals surface area contributed by atoms with Gasteiger partial charge in [-0.05, 0) is 44.2 Å². The van der Waals surface area contributed by atoms with E-state index < -0.39 is 4.92 Å². The first-order valence-corrected chi connectivity index (χ1v) is 8.41. The highest BCUT2D eigenvalue weighted by molar-refractivity contribution is 9.10. The fraction of sp³-hybridized carbons (Fsp3) is 0.600. The number of nitrogens with two attached hydrogens (primary N) is 1. The van der Waals surface area contributed by atoms with Gasteiger partial charge in [-0.25, -0.2) is 5.84 Å². The second-order valence-corrected chi connectivity index (χ2v) is 6.51. The van der Waals surface area contributed by atoms with E-state index >= 15 is 0 Å². The fourth-order valence-corrected chi connectivity index (χ4v) is 3.18. The molecular weight excluding hydrogens is 350 g/mol. The predicted octanol–water partition coefficient (Wildman–Crippen LogP) is 3.78. The van der Waals surface area contributed by atoms with Crippen molar-refractivity contribution in [2.75, 3.05) is 11.6 Å². The average Bonchev–Trinajstić information content (AvgIpc) is 2.52. The van der Waals surface area contributed by atoms with Gasteiger partial charge < -0.3 is 9.75 Å². The van der Waals surface area contributed by atoms with Gasteiger partial charge in [-0.1, -0.05) is 22.9 Å². The quantitative estimate of drug-likeness (QED) is 0.467. The van der Waals surface area contributed by atoms with E-state index in [0.29, 0.717) is 11.8 Å². The van der Waals surface area contributed by atoms with Crippen LogP contribution < -0.4 is 10.9 Å². The number of nitrogens with zero attached hydrogens (tertiary/aromatic N) is 2. The van der Waals surface area contributed by atoms with Crippen LogP contribution in [0.25, 0.3) is 0 Å². The zero-order valence-electron chi connectivity index (χ0n) is 12.7. The van der Waals surface area contributed by atoms with Gasteiger partial charge in [0.1, 0.15) is 5.69 Å². The standard InChI is InChI=1S/C15H22BrN3O3/c1-2-9-22-13-6-4-12(5-7-13)18(17)15-10-11(16)3-8-14(15)19(20)21/h3,8,10,12-13H,2,4-7,9,17H2,1H3. The second kappa shape index (κ2) is 7.89. The molecule has 1 fully saturated rings. The second-order valence-electron chi connectivity index (χ2n) is 5.60. The highest BCUT2D eigenvalue weighted by Gasteiger charge is 2.28. The molecular formula is C15H22BrN3O3. The van der Waals surface area contributed by atoms with E-state index in [4.69, 9.17) is 10.6 Å². The van der Waals surface area contributed by atoms with E-state index in [1.165, 1.54) is 6.07 Å². The first kappa shape index (κ1) is 17.2. The van der Waals surface area contributed by atoms with Gasteiger partial charge in [-0.15, -0.1) is 0 Å². The van der Waals surface area contributed by atoms with Gasteiger partial charge in [0.05, 0.1) is 11.0 Å². The summed E-state index contributed by atoms with van der Waals surface area (Å²) < 4.78 is 6.55. The molecule has 1 aliphatic rings. The Morgan fingerprint density at radius 1 is 1.41 bits per heavy atom. The Balaban J connectivity index is 2.05. The highest BCUT2D eigenvalue weighted by Crippen LogP contribution is 2.34. The lowest BCUT2D eigenvalue weighted by atomic mass is 9.92. The minimum absolute atomic E-state index is 0.0371. The van der Waals surface area contributed by atoms with Crippen molar-refractivity contribution in [3.63, 3.8) is 0 Å². The van der Waals surface area contributed by atoms with E-state index in [0.717, 1.165) is 43.2 Å². The molecule has 6 nitrogen and oxygen atoms in total. The molecule has 0 unspecified atom stereocenters. The summed E-state index contributed by atoms with van der Waals surface area (Å²) >= 11 is 3.35. The van der Waals surface area contributed by atoms with E-state index in [9.17, 15) is 10.1 Å². The molecule has 7 heteroatoms. The summed E-state index contributed by atoms with van der Waals surface area (Å²) in [6, 6.07) is 4.95. The van der Waals surface area contributed by atoms with Gasteiger partial charge in [-0.3, -0.25) is 10.1 Å². The van der Waals surface area contributed by atoms with Gasteiger partial charge >= 0.3 is 0 Å². The Morgan fingerprint density at radius 2 is 2.09 bits per heavy atom. The van der Waals surface area contributed by atoms with Crippen LogP contribution in [-0.4, -0.2) is 23.7 Å². The maximum Gasteiger partial charge on any atom is 0.293 e. The van der Waals surface area contributed by atoms with Crippen molar-refractivity contribution in [2.24, 2.45) is 5.84 Å². The predicted molar refractivity (Wildman–Crippen MR) is 89.7 cm³/mol. The first-order chi connectivity index (χ1) is 10.5. The van der Waals surface area contributed by atoms with Crippen molar-refractivity contribution in [3.8, 4) is 0 Å². The molecule has 0 atom stereocenters. The fourth-order valence-electron chi connectivity index (χ4n) is 2.83. The molecule has 122 valence electrons. The molecule has 0 bridgehead atoms. The number of hydrazine groups is 1. The number of nitro groups is 1. The third-order valence-corrected chi connectivity index (χ3v) is 4.50. The lowest BCUT2D eigenvalue weighted by molar-refractivity contribution is -0.384. The van der Waals surface area contributed by atoms with Crippen molar-refractivity contribution >= 4 is 27.3 Å². The number of nitro benzene ring substituents is 1. The molecule has 0 amide bonds. The van der Waals surface area contributed by atoms with E-state index in [1.54, 1.807) is 17.1 Å². The van der Waals surface area contributed by atoms with Crippen molar-refractivity contribution in [1.82, 2.24) is 0 Å². The Hall–Kier alpha value is -1.18. The number of rotatable bonds is 6. The van der Waals surface area contributed by atoms with Crippen molar-refractivity contribution in [1.29, 1.82) is 0 Å². The van der Waals surface area contributed by atoms with E-state index in [2.05, 4.69) is 22.9 Å². The Morgan fingerprint density at radius 3 is 2.68 bits per heavy atom. The summed E-state index contributed by atoms with van der Waals surface area (Å²) in [5, 5.41) is 12.7. The molecule has 1 aromatic rings. The van der Waals surface area contributed by atoms with E-state index in [1.807, 2.05) is 0 Å². The Labute approximate surface area is 138 Å². The molecule has 0 spiro atoms.